The Balaban J connectivity index is 1.85. The number of piperidine rings is 1. The van der Waals surface area contributed by atoms with Crippen LogP contribution in [-0.2, 0) is 9.53 Å². The first-order valence-corrected chi connectivity index (χ1v) is 8.57. The predicted molar refractivity (Wildman–Crippen MR) is 85.2 cm³/mol. The smallest absolute Gasteiger partial charge is 0.226 e. The molecule has 1 N–H and O–H groups in total. The van der Waals surface area contributed by atoms with E-state index >= 15 is 0 Å². The van der Waals surface area contributed by atoms with Crippen LogP contribution in [0.5, 0.6) is 0 Å². The monoisotopic (exact) mass is 296 g/mol. The molecule has 1 saturated heterocycles. The van der Waals surface area contributed by atoms with Gasteiger partial charge in [-0.3, -0.25) is 4.79 Å². The fourth-order valence-electron chi connectivity index (χ4n) is 3.68. The lowest BCUT2D eigenvalue weighted by Crippen LogP contribution is -2.63. The first-order chi connectivity index (χ1) is 9.98. The van der Waals surface area contributed by atoms with Gasteiger partial charge in [0.25, 0.3) is 0 Å². The van der Waals surface area contributed by atoms with Crippen molar-refractivity contribution in [1.82, 2.24) is 10.2 Å². The molecule has 2 fully saturated rings. The van der Waals surface area contributed by atoms with E-state index in [1.54, 1.807) is 0 Å². The highest BCUT2D eigenvalue weighted by atomic mass is 16.5. The lowest BCUT2D eigenvalue weighted by molar-refractivity contribution is -0.168. The molecule has 1 aliphatic heterocycles. The minimum atomic E-state index is 0.0697. The highest BCUT2D eigenvalue weighted by molar-refractivity contribution is 5.79. The Morgan fingerprint density at radius 3 is 2.76 bits per heavy atom. The van der Waals surface area contributed by atoms with Crippen LogP contribution in [0.3, 0.4) is 0 Å². The second-order valence-electron chi connectivity index (χ2n) is 7.28. The maximum atomic E-state index is 12.6. The molecule has 0 aromatic heterocycles. The van der Waals surface area contributed by atoms with Crippen LogP contribution in [-0.4, -0.2) is 49.7 Å². The van der Waals surface area contributed by atoms with Crippen LogP contribution < -0.4 is 5.32 Å². The molecule has 2 rings (SSSR count). The Kier molecular flexibility index (Phi) is 5.67. The summed E-state index contributed by atoms with van der Waals surface area (Å²) >= 11 is 0. The molecule has 0 aromatic rings. The number of hydrogen-bond acceptors (Lipinski definition) is 3. The summed E-state index contributed by atoms with van der Waals surface area (Å²) in [5.74, 6) is 0.479. The van der Waals surface area contributed by atoms with Gasteiger partial charge >= 0.3 is 0 Å². The Labute approximate surface area is 129 Å². The zero-order valence-corrected chi connectivity index (χ0v) is 14.2. The van der Waals surface area contributed by atoms with Crippen molar-refractivity contribution in [2.24, 2.45) is 11.3 Å². The third-order valence-corrected chi connectivity index (χ3v) is 5.40. The second-order valence-corrected chi connectivity index (χ2v) is 7.28. The second kappa shape index (κ2) is 7.10. The zero-order valence-electron chi connectivity index (χ0n) is 14.2. The summed E-state index contributed by atoms with van der Waals surface area (Å²) in [6.07, 6.45) is 5.72. The molecule has 2 aliphatic rings. The fourth-order valence-corrected chi connectivity index (χ4v) is 3.68. The molecular formula is C17H32N2O2. The maximum absolute atomic E-state index is 12.6. The minimum absolute atomic E-state index is 0.0697. The van der Waals surface area contributed by atoms with Crippen molar-refractivity contribution >= 4 is 5.91 Å². The molecule has 3 atom stereocenters. The molecule has 0 aromatic carbocycles. The topological polar surface area (TPSA) is 41.6 Å². The first kappa shape index (κ1) is 16.8. The predicted octanol–water partition coefficient (Wildman–Crippen LogP) is 2.43. The molecule has 122 valence electrons. The lowest BCUT2D eigenvalue weighted by Gasteiger charge is -2.55. The highest BCUT2D eigenvalue weighted by Gasteiger charge is 2.52. The van der Waals surface area contributed by atoms with Crippen molar-refractivity contribution < 1.29 is 9.53 Å². The van der Waals surface area contributed by atoms with Crippen molar-refractivity contribution in [3.63, 3.8) is 0 Å². The van der Waals surface area contributed by atoms with Gasteiger partial charge in [0.15, 0.2) is 0 Å². The molecule has 4 nitrogen and oxygen atoms in total. The molecule has 0 bridgehead atoms. The largest absolute Gasteiger partial charge is 0.378 e. The van der Waals surface area contributed by atoms with Gasteiger partial charge < -0.3 is 15.0 Å². The summed E-state index contributed by atoms with van der Waals surface area (Å²) in [5, 5.41) is 3.34. The quantitative estimate of drug-likeness (QED) is 0.765. The third kappa shape index (κ3) is 3.59. The van der Waals surface area contributed by atoms with E-state index in [1.807, 2.05) is 11.9 Å². The van der Waals surface area contributed by atoms with Crippen LogP contribution in [0.1, 0.15) is 52.9 Å². The number of carbonyl (C=O) groups excluding carboxylic acids is 1. The van der Waals surface area contributed by atoms with E-state index < -0.39 is 0 Å². The Bertz CT molecular complexity index is 351. The number of hydrogen-bond donors (Lipinski definition) is 1. The van der Waals surface area contributed by atoms with Crippen molar-refractivity contribution in [3.05, 3.63) is 0 Å². The SMILES string of the molecule is CCCCOC1CC(N(C)C(=O)C2CCCNC2)C1(C)C. The molecule has 1 heterocycles. The Morgan fingerprint density at radius 2 is 2.19 bits per heavy atom. The van der Waals surface area contributed by atoms with Crippen LogP contribution in [0.15, 0.2) is 0 Å². The fraction of sp³-hybridized carbons (Fsp3) is 0.941. The van der Waals surface area contributed by atoms with E-state index in [9.17, 15) is 4.79 Å². The minimum Gasteiger partial charge on any atom is -0.378 e. The summed E-state index contributed by atoms with van der Waals surface area (Å²) in [7, 11) is 1.98. The molecular weight excluding hydrogens is 264 g/mol. The van der Waals surface area contributed by atoms with Crippen LogP contribution in [0.4, 0.5) is 0 Å². The van der Waals surface area contributed by atoms with Gasteiger partial charge in [0.05, 0.1) is 12.0 Å². The molecule has 0 spiro atoms. The van der Waals surface area contributed by atoms with E-state index in [2.05, 4.69) is 26.1 Å². The number of rotatable bonds is 6. The van der Waals surface area contributed by atoms with Crippen molar-refractivity contribution in [1.29, 1.82) is 0 Å². The molecule has 4 heteroatoms. The lowest BCUT2D eigenvalue weighted by atomic mass is 9.63. The molecule has 21 heavy (non-hydrogen) atoms. The average Bonchev–Trinajstić information content (AvgIpc) is 2.49. The van der Waals surface area contributed by atoms with Gasteiger partial charge in [0.2, 0.25) is 5.91 Å². The Hall–Kier alpha value is -0.610. The number of nitrogens with one attached hydrogen (secondary N) is 1. The van der Waals surface area contributed by atoms with Crippen LogP contribution in [0.25, 0.3) is 0 Å². The summed E-state index contributed by atoms with van der Waals surface area (Å²) in [6.45, 7) is 9.40. The van der Waals surface area contributed by atoms with Gasteiger partial charge in [-0.25, -0.2) is 0 Å². The van der Waals surface area contributed by atoms with Gasteiger partial charge in [-0.15, -0.1) is 0 Å². The number of unbranched alkanes of at least 4 members (excludes halogenated alkanes) is 1. The van der Waals surface area contributed by atoms with Gasteiger partial charge in [-0.1, -0.05) is 27.2 Å². The van der Waals surface area contributed by atoms with E-state index in [0.717, 1.165) is 45.4 Å². The molecule has 0 radical (unpaired) electrons. The third-order valence-electron chi connectivity index (χ3n) is 5.40. The molecule has 1 saturated carbocycles. The van der Waals surface area contributed by atoms with Crippen LogP contribution >= 0.6 is 0 Å². The molecule has 3 unspecified atom stereocenters. The van der Waals surface area contributed by atoms with E-state index in [1.165, 1.54) is 6.42 Å². The van der Waals surface area contributed by atoms with Gasteiger partial charge in [-0.05, 0) is 32.2 Å². The van der Waals surface area contributed by atoms with Crippen molar-refractivity contribution in [2.75, 3.05) is 26.7 Å². The van der Waals surface area contributed by atoms with E-state index in [-0.39, 0.29) is 11.3 Å². The average molecular weight is 296 g/mol. The van der Waals surface area contributed by atoms with Gasteiger partial charge in [0, 0.05) is 31.7 Å². The van der Waals surface area contributed by atoms with Crippen LogP contribution in [0, 0.1) is 11.3 Å². The summed E-state index contributed by atoms with van der Waals surface area (Å²) in [5.41, 5.74) is 0.0697. The number of ether oxygens (including phenoxy) is 1. The summed E-state index contributed by atoms with van der Waals surface area (Å²) in [4.78, 5) is 14.6. The summed E-state index contributed by atoms with van der Waals surface area (Å²) in [6, 6.07) is 0.318. The highest BCUT2D eigenvalue weighted by Crippen LogP contribution is 2.45. The summed E-state index contributed by atoms with van der Waals surface area (Å²) < 4.78 is 5.99. The number of amides is 1. The maximum Gasteiger partial charge on any atom is 0.226 e. The van der Waals surface area contributed by atoms with E-state index in [4.69, 9.17) is 4.74 Å². The normalized spacial score (nSPS) is 31.5. The Morgan fingerprint density at radius 1 is 1.43 bits per heavy atom. The molecule has 1 aliphatic carbocycles. The number of nitrogens with zero attached hydrogens (tertiary/aromatic N) is 1. The number of carbonyl (C=O) groups is 1. The van der Waals surface area contributed by atoms with Crippen LogP contribution in [0.2, 0.25) is 0 Å². The van der Waals surface area contributed by atoms with E-state index in [0.29, 0.717) is 18.1 Å². The first-order valence-electron chi connectivity index (χ1n) is 8.57. The molecule has 1 amide bonds. The van der Waals surface area contributed by atoms with Crippen molar-refractivity contribution in [3.8, 4) is 0 Å². The van der Waals surface area contributed by atoms with Gasteiger partial charge in [0.1, 0.15) is 0 Å². The van der Waals surface area contributed by atoms with Gasteiger partial charge in [-0.2, -0.15) is 0 Å². The standard InChI is InChI=1S/C17H32N2O2/c1-5-6-10-21-15-11-14(17(15,2)3)19(4)16(20)13-8-7-9-18-12-13/h13-15,18H,5-12H2,1-4H3. The zero-order chi connectivity index (χ0) is 15.5. The van der Waals surface area contributed by atoms with Crippen molar-refractivity contribution in [2.45, 2.75) is 65.0 Å².